The number of benzene rings is 5. The molecule has 1 aliphatic rings. The van der Waals surface area contributed by atoms with Crippen molar-refractivity contribution in [1.29, 1.82) is 0 Å². The third-order valence-electron chi connectivity index (χ3n) is 8.27. The van der Waals surface area contributed by atoms with Crippen LogP contribution in [0.3, 0.4) is 0 Å². The van der Waals surface area contributed by atoms with E-state index in [4.69, 9.17) is 9.47 Å². The van der Waals surface area contributed by atoms with Gasteiger partial charge in [0.1, 0.15) is 0 Å². The average Bonchev–Trinajstić information content (AvgIpc) is 3.45. The maximum atomic E-state index is 11.7. The summed E-state index contributed by atoms with van der Waals surface area (Å²) < 4.78 is 9.59. The molecule has 45 heavy (non-hydrogen) atoms. The zero-order valence-corrected chi connectivity index (χ0v) is 25.6. The predicted molar refractivity (Wildman–Crippen MR) is 180 cm³/mol. The van der Waals surface area contributed by atoms with E-state index in [-0.39, 0.29) is 11.9 Å². The number of fused-ring (bicyclic) bond motifs is 3. The topological polar surface area (TPSA) is 67.9 Å². The number of methoxy groups -OCH3 is 2. The summed E-state index contributed by atoms with van der Waals surface area (Å²) in [5.74, 6) is -0.415. The van der Waals surface area contributed by atoms with Gasteiger partial charge in [0, 0.05) is 41.3 Å². The fraction of sp³-hybridized carbons (Fsp3) is 0.179. The molecule has 0 amide bonds. The first kappa shape index (κ1) is 29.7. The SMILES string of the molecule is COC(=O)CCc1ccc(Nc2cccc(N(c3ccc(CCC(=O)OC)cc3)c3ccc4c(c3)Cc3ccccc3-4)c2)cc1. The lowest BCUT2D eigenvalue weighted by Gasteiger charge is -2.27. The molecule has 226 valence electrons. The molecule has 6 nitrogen and oxygen atoms in total. The summed E-state index contributed by atoms with van der Waals surface area (Å²) in [4.78, 5) is 25.5. The molecule has 0 saturated heterocycles. The smallest absolute Gasteiger partial charge is 0.305 e. The molecule has 0 bridgehead atoms. The Labute approximate surface area is 264 Å². The molecule has 1 aliphatic carbocycles. The first-order valence-corrected chi connectivity index (χ1v) is 15.2. The standard InChI is InChI=1S/C39H36N2O4/c1-44-38(42)22-14-27-10-16-31(17-11-27)40-32-7-5-8-34(26-32)41(33-18-12-28(13-19-33)15-23-39(43)45-2)35-20-21-37-30(25-35)24-29-6-3-4-9-36(29)37/h3-13,16-21,25-26,40H,14-15,22-24H2,1-2H3. The second-order valence-corrected chi connectivity index (χ2v) is 11.2. The van der Waals surface area contributed by atoms with Gasteiger partial charge in [-0.05, 0) is 107 Å². The maximum Gasteiger partial charge on any atom is 0.305 e. The molecule has 0 spiro atoms. The van der Waals surface area contributed by atoms with Gasteiger partial charge in [-0.3, -0.25) is 9.59 Å². The Kier molecular flexibility index (Phi) is 8.92. The minimum Gasteiger partial charge on any atom is -0.469 e. The van der Waals surface area contributed by atoms with Gasteiger partial charge in [0.25, 0.3) is 0 Å². The van der Waals surface area contributed by atoms with E-state index in [1.54, 1.807) is 0 Å². The van der Waals surface area contributed by atoms with Crippen LogP contribution in [-0.4, -0.2) is 26.2 Å². The van der Waals surface area contributed by atoms with E-state index in [1.165, 1.54) is 36.5 Å². The highest BCUT2D eigenvalue weighted by atomic mass is 16.5. The van der Waals surface area contributed by atoms with Gasteiger partial charge >= 0.3 is 11.9 Å². The summed E-state index contributed by atoms with van der Waals surface area (Å²) in [6, 6.07) is 40.2. The van der Waals surface area contributed by atoms with Crippen molar-refractivity contribution in [3.8, 4) is 11.1 Å². The Morgan fingerprint density at radius 2 is 1.20 bits per heavy atom. The average molecular weight is 597 g/mol. The van der Waals surface area contributed by atoms with Gasteiger partial charge in [-0.15, -0.1) is 0 Å². The van der Waals surface area contributed by atoms with Gasteiger partial charge in [0.2, 0.25) is 0 Å². The molecule has 0 atom stereocenters. The summed E-state index contributed by atoms with van der Waals surface area (Å²) in [6.07, 6.45) is 2.90. The number of esters is 2. The fourth-order valence-electron chi connectivity index (χ4n) is 5.87. The van der Waals surface area contributed by atoms with E-state index in [9.17, 15) is 9.59 Å². The highest BCUT2D eigenvalue weighted by Crippen LogP contribution is 2.42. The number of ether oxygens (including phenoxy) is 2. The van der Waals surface area contributed by atoms with Crippen molar-refractivity contribution in [2.75, 3.05) is 24.4 Å². The van der Waals surface area contributed by atoms with Crippen molar-refractivity contribution < 1.29 is 19.1 Å². The van der Waals surface area contributed by atoms with Crippen LogP contribution >= 0.6 is 0 Å². The number of nitrogens with one attached hydrogen (secondary N) is 1. The summed E-state index contributed by atoms with van der Waals surface area (Å²) in [5, 5.41) is 3.54. The second kappa shape index (κ2) is 13.5. The van der Waals surface area contributed by atoms with E-state index in [0.29, 0.717) is 25.7 Å². The summed E-state index contributed by atoms with van der Waals surface area (Å²) >= 11 is 0. The quantitative estimate of drug-likeness (QED) is 0.151. The number of nitrogens with zero attached hydrogens (tertiary/aromatic N) is 1. The van der Waals surface area contributed by atoms with Crippen molar-refractivity contribution >= 4 is 40.4 Å². The number of carbonyl (C=O) groups is 2. The number of hydrogen-bond acceptors (Lipinski definition) is 6. The van der Waals surface area contributed by atoms with E-state index >= 15 is 0 Å². The molecule has 5 aromatic carbocycles. The molecule has 0 unspecified atom stereocenters. The molecule has 5 aromatic rings. The van der Waals surface area contributed by atoms with Crippen LogP contribution in [0.5, 0.6) is 0 Å². The van der Waals surface area contributed by atoms with Gasteiger partial charge in [0.05, 0.1) is 14.2 Å². The number of carbonyl (C=O) groups excluding carboxylic acids is 2. The van der Waals surface area contributed by atoms with Gasteiger partial charge in [-0.1, -0.05) is 60.7 Å². The summed E-state index contributed by atoms with van der Waals surface area (Å²) in [6.45, 7) is 0. The Balaban J connectivity index is 1.29. The number of rotatable bonds is 11. The lowest BCUT2D eigenvalue weighted by molar-refractivity contribution is -0.141. The van der Waals surface area contributed by atoms with Gasteiger partial charge in [-0.25, -0.2) is 0 Å². The second-order valence-electron chi connectivity index (χ2n) is 11.2. The molecule has 0 heterocycles. The highest BCUT2D eigenvalue weighted by molar-refractivity contribution is 5.84. The first-order valence-electron chi connectivity index (χ1n) is 15.2. The molecule has 6 heteroatoms. The Hall–Kier alpha value is -5.36. The lowest BCUT2D eigenvalue weighted by atomic mass is 10.0. The van der Waals surface area contributed by atoms with Crippen molar-refractivity contribution in [3.63, 3.8) is 0 Å². The Bertz CT molecular complexity index is 1810. The van der Waals surface area contributed by atoms with Crippen molar-refractivity contribution in [3.05, 3.63) is 138 Å². The maximum absolute atomic E-state index is 11.7. The number of anilines is 5. The summed E-state index contributed by atoms with van der Waals surface area (Å²) in [7, 11) is 2.83. The molecule has 0 radical (unpaired) electrons. The van der Waals surface area contributed by atoms with Gasteiger partial charge < -0.3 is 19.7 Å². The minimum atomic E-state index is -0.208. The predicted octanol–water partition coefficient (Wildman–Crippen LogP) is 8.68. The van der Waals surface area contributed by atoms with Gasteiger partial charge in [0.15, 0.2) is 0 Å². The third kappa shape index (κ3) is 6.91. The fourth-order valence-corrected chi connectivity index (χ4v) is 5.87. The van der Waals surface area contributed by atoms with Crippen molar-refractivity contribution in [1.82, 2.24) is 0 Å². The third-order valence-corrected chi connectivity index (χ3v) is 8.27. The zero-order chi connectivity index (χ0) is 31.2. The molecule has 0 aromatic heterocycles. The van der Waals surface area contributed by atoms with E-state index in [2.05, 4.69) is 101 Å². The molecule has 0 fully saturated rings. The highest BCUT2D eigenvalue weighted by Gasteiger charge is 2.21. The minimum absolute atomic E-state index is 0.206. The number of aryl methyl sites for hydroxylation is 2. The molecule has 1 N–H and O–H groups in total. The zero-order valence-electron chi connectivity index (χ0n) is 25.6. The van der Waals surface area contributed by atoms with Crippen LogP contribution in [0.15, 0.2) is 115 Å². The van der Waals surface area contributed by atoms with E-state index in [0.717, 1.165) is 46.0 Å². The molecule has 0 aliphatic heterocycles. The van der Waals surface area contributed by atoms with E-state index in [1.807, 2.05) is 24.3 Å². The van der Waals surface area contributed by atoms with Crippen LogP contribution in [0.2, 0.25) is 0 Å². The Morgan fingerprint density at radius 1 is 0.600 bits per heavy atom. The van der Waals surface area contributed by atoms with Crippen molar-refractivity contribution in [2.45, 2.75) is 32.1 Å². The number of hydrogen-bond donors (Lipinski definition) is 1. The first-order chi connectivity index (χ1) is 22.0. The van der Waals surface area contributed by atoms with Gasteiger partial charge in [-0.2, -0.15) is 0 Å². The van der Waals surface area contributed by atoms with Crippen LogP contribution < -0.4 is 10.2 Å². The normalized spacial score (nSPS) is 11.3. The Morgan fingerprint density at radius 3 is 1.89 bits per heavy atom. The molecule has 0 saturated carbocycles. The summed E-state index contributed by atoms with van der Waals surface area (Å²) in [5.41, 5.74) is 12.5. The van der Waals surface area contributed by atoms with Crippen LogP contribution in [0.25, 0.3) is 11.1 Å². The van der Waals surface area contributed by atoms with Crippen molar-refractivity contribution in [2.24, 2.45) is 0 Å². The molecule has 6 rings (SSSR count). The molecular formula is C39H36N2O4. The van der Waals surface area contributed by atoms with E-state index < -0.39 is 0 Å². The monoisotopic (exact) mass is 596 g/mol. The van der Waals surface area contributed by atoms with Crippen LogP contribution in [0.1, 0.15) is 35.1 Å². The van der Waals surface area contributed by atoms with Crippen LogP contribution in [-0.2, 0) is 38.3 Å². The van der Waals surface area contributed by atoms with Crippen LogP contribution in [0, 0.1) is 0 Å². The van der Waals surface area contributed by atoms with Crippen LogP contribution in [0.4, 0.5) is 28.4 Å². The molecular weight excluding hydrogens is 560 g/mol. The largest absolute Gasteiger partial charge is 0.469 e. The lowest BCUT2D eigenvalue weighted by Crippen LogP contribution is -2.11.